The van der Waals surface area contributed by atoms with Crippen molar-refractivity contribution in [2.45, 2.75) is 0 Å². The first-order chi connectivity index (χ1) is 10.5. The number of phenolic OH excluding ortho intramolecular Hbond substituents is 1. The monoisotopic (exact) mass is 400 g/mol. The van der Waals surface area contributed by atoms with Gasteiger partial charge < -0.3 is 10.4 Å². The van der Waals surface area contributed by atoms with E-state index in [1.165, 1.54) is 18.3 Å². The summed E-state index contributed by atoms with van der Waals surface area (Å²) < 4.78 is 0.784. The molecule has 22 heavy (non-hydrogen) atoms. The Hall–Kier alpha value is -1.56. The molecule has 2 aromatic rings. The molecule has 0 aliphatic heterocycles. The number of para-hydroxylation sites is 1. The van der Waals surface area contributed by atoms with Crippen LogP contribution in [0.4, 0.5) is 5.69 Å². The van der Waals surface area contributed by atoms with Gasteiger partial charge in [-0.05, 0) is 40.2 Å². The lowest BCUT2D eigenvalue weighted by Gasteiger charge is -2.05. The molecule has 0 fully saturated rings. The Morgan fingerprint density at radius 3 is 2.77 bits per heavy atom. The summed E-state index contributed by atoms with van der Waals surface area (Å²) in [6.07, 6.45) is 1.35. The first-order valence-electron chi connectivity index (χ1n) is 6.19. The number of aromatic hydroxyl groups is 1. The summed E-state index contributed by atoms with van der Waals surface area (Å²) in [7, 11) is 0. The summed E-state index contributed by atoms with van der Waals surface area (Å²) in [4.78, 5) is 15.8. The van der Waals surface area contributed by atoms with E-state index < -0.39 is 0 Å². The second kappa shape index (κ2) is 7.63. The van der Waals surface area contributed by atoms with Gasteiger partial charge in [-0.15, -0.1) is 0 Å². The van der Waals surface area contributed by atoms with Crippen LogP contribution in [0.5, 0.6) is 5.75 Å². The molecule has 0 saturated carbocycles. The van der Waals surface area contributed by atoms with E-state index in [-0.39, 0.29) is 23.2 Å². The Morgan fingerprint density at radius 1 is 1.32 bits per heavy atom. The van der Waals surface area contributed by atoms with Gasteiger partial charge in [-0.25, -0.2) is 0 Å². The second-order valence-electron chi connectivity index (χ2n) is 4.32. The zero-order valence-corrected chi connectivity index (χ0v) is 14.3. The molecule has 0 atom stereocenters. The van der Waals surface area contributed by atoms with Crippen molar-refractivity contribution in [1.82, 2.24) is 0 Å². The third-order valence-electron chi connectivity index (χ3n) is 2.67. The maximum Gasteiger partial charge on any atom is 0.246 e. The lowest BCUT2D eigenvalue weighted by Crippen LogP contribution is -2.15. The van der Waals surface area contributed by atoms with E-state index >= 15 is 0 Å². The Balaban J connectivity index is 2.01. The predicted molar refractivity (Wildman–Crippen MR) is 93.4 cm³/mol. The minimum absolute atomic E-state index is 0.0924. The zero-order chi connectivity index (χ0) is 16.1. The average molecular weight is 402 g/mol. The smallest absolute Gasteiger partial charge is 0.246 e. The highest BCUT2D eigenvalue weighted by atomic mass is 79.9. The number of hydrogen-bond donors (Lipinski definition) is 2. The molecule has 0 unspecified atom stereocenters. The van der Waals surface area contributed by atoms with Crippen molar-refractivity contribution < 1.29 is 9.90 Å². The molecule has 114 valence electrons. The minimum atomic E-state index is -0.282. The van der Waals surface area contributed by atoms with Gasteiger partial charge in [0, 0.05) is 21.3 Å². The Morgan fingerprint density at radius 2 is 2.05 bits per heavy atom. The molecule has 2 aromatic carbocycles. The standard InChI is InChI=1S/C15H11BrCl2N2O2/c16-11-3-1-2-4-13(11)20-14(21)8-19-7-9-5-10(17)6-12(18)15(9)22/h1-7,22H,8H2,(H,20,21). The fourth-order valence-electron chi connectivity index (χ4n) is 1.66. The molecule has 2 rings (SSSR count). The van der Waals surface area contributed by atoms with Crippen LogP contribution in [0.3, 0.4) is 0 Å². The van der Waals surface area contributed by atoms with E-state index in [4.69, 9.17) is 23.2 Å². The maximum absolute atomic E-state index is 11.8. The predicted octanol–water partition coefficient (Wildman–Crippen LogP) is 4.52. The summed E-state index contributed by atoms with van der Waals surface area (Å²) >= 11 is 15.0. The zero-order valence-electron chi connectivity index (χ0n) is 11.2. The number of benzene rings is 2. The molecule has 0 spiro atoms. The number of phenols is 1. The van der Waals surface area contributed by atoms with E-state index in [0.29, 0.717) is 16.3 Å². The number of anilines is 1. The Labute approximate surface area is 145 Å². The van der Waals surface area contributed by atoms with Gasteiger partial charge in [0.2, 0.25) is 5.91 Å². The van der Waals surface area contributed by atoms with E-state index in [1.54, 1.807) is 6.07 Å². The van der Waals surface area contributed by atoms with Gasteiger partial charge in [0.15, 0.2) is 0 Å². The van der Waals surface area contributed by atoms with Crippen LogP contribution in [0, 0.1) is 0 Å². The lowest BCUT2D eigenvalue weighted by molar-refractivity contribution is -0.114. The number of carbonyl (C=O) groups is 1. The quantitative estimate of drug-likeness (QED) is 0.739. The molecule has 7 heteroatoms. The summed E-state index contributed by atoms with van der Waals surface area (Å²) in [6, 6.07) is 10.2. The molecule has 1 amide bonds. The molecular weight excluding hydrogens is 391 g/mol. The van der Waals surface area contributed by atoms with Crippen molar-refractivity contribution >= 4 is 56.9 Å². The first kappa shape index (κ1) is 16.8. The topological polar surface area (TPSA) is 61.7 Å². The van der Waals surface area contributed by atoms with Gasteiger partial charge in [0.1, 0.15) is 12.3 Å². The number of carbonyl (C=O) groups excluding carboxylic acids is 1. The Bertz CT molecular complexity index is 735. The highest BCUT2D eigenvalue weighted by molar-refractivity contribution is 9.10. The van der Waals surface area contributed by atoms with Crippen LogP contribution in [-0.2, 0) is 4.79 Å². The Kier molecular flexibility index (Phi) is 5.83. The molecule has 0 aliphatic carbocycles. The maximum atomic E-state index is 11.8. The van der Waals surface area contributed by atoms with Gasteiger partial charge in [-0.1, -0.05) is 35.3 Å². The normalized spacial score (nSPS) is 10.9. The number of amides is 1. The van der Waals surface area contributed by atoms with Crippen molar-refractivity contribution in [1.29, 1.82) is 0 Å². The number of hydrogen-bond acceptors (Lipinski definition) is 3. The number of rotatable bonds is 4. The molecule has 0 aromatic heterocycles. The van der Waals surface area contributed by atoms with Crippen molar-refractivity contribution in [3.63, 3.8) is 0 Å². The van der Waals surface area contributed by atoms with Crippen LogP contribution in [0.25, 0.3) is 0 Å². The van der Waals surface area contributed by atoms with E-state index in [2.05, 4.69) is 26.2 Å². The lowest BCUT2D eigenvalue weighted by atomic mass is 10.2. The van der Waals surface area contributed by atoms with Gasteiger partial charge in [0.05, 0.1) is 10.7 Å². The SMILES string of the molecule is O=C(CN=Cc1cc(Cl)cc(Cl)c1O)Nc1ccccc1Br. The molecule has 4 nitrogen and oxygen atoms in total. The summed E-state index contributed by atoms with van der Waals surface area (Å²) in [5.41, 5.74) is 1.02. The summed E-state index contributed by atoms with van der Waals surface area (Å²) in [5.74, 6) is -0.406. The average Bonchev–Trinajstić information content (AvgIpc) is 2.46. The number of aliphatic imine (C=N–C) groups is 1. The van der Waals surface area contributed by atoms with Crippen LogP contribution in [-0.4, -0.2) is 23.8 Å². The molecular formula is C15H11BrCl2N2O2. The largest absolute Gasteiger partial charge is 0.506 e. The van der Waals surface area contributed by atoms with Gasteiger partial charge in [0.25, 0.3) is 0 Å². The van der Waals surface area contributed by atoms with Crippen molar-refractivity contribution in [2.24, 2.45) is 4.99 Å². The number of halogens is 3. The molecule has 0 saturated heterocycles. The van der Waals surface area contributed by atoms with E-state index in [9.17, 15) is 9.90 Å². The fourth-order valence-corrected chi connectivity index (χ4v) is 2.56. The van der Waals surface area contributed by atoms with Crippen molar-refractivity contribution in [2.75, 3.05) is 11.9 Å². The van der Waals surface area contributed by atoms with Crippen LogP contribution < -0.4 is 5.32 Å². The number of nitrogens with one attached hydrogen (secondary N) is 1. The van der Waals surface area contributed by atoms with Crippen LogP contribution in [0.2, 0.25) is 10.0 Å². The molecule has 2 N–H and O–H groups in total. The van der Waals surface area contributed by atoms with E-state index in [0.717, 1.165) is 4.47 Å². The third kappa shape index (κ3) is 4.47. The summed E-state index contributed by atoms with van der Waals surface area (Å²) in [5, 5.41) is 13.0. The minimum Gasteiger partial charge on any atom is -0.506 e. The fraction of sp³-hybridized carbons (Fsp3) is 0.0667. The van der Waals surface area contributed by atoms with Crippen molar-refractivity contribution in [3.05, 3.63) is 56.5 Å². The highest BCUT2D eigenvalue weighted by Crippen LogP contribution is 2.30. The van der Waals surface area contributed by atoms with Crippen molar-refractivity contribution in [3.8, 4) is 5.75 Å². The number of nitrogens with zero attached hydrogens (tertiary/aromatic N) is 1. The molecule has 0 bridgehead atoms. The van der Waals surface area contributed by atoms with Crippen LogP contribution in [0.1, 0.15) is 5.56 Å². The molecule has 0 heterocycles. The summed E-state index contributed by atoms with van der Waals surface area (Å²) in [6.45, 7) is -0.0924. The van der Waals surface area contributed by atoms with Crippen LogP contribution in [0.15, 0.2) is 45.9 Å². The third-order valence-corrected chi connectivity index (χ3v) is 3.87. The van der Waals surface area contributed by atoms with Gasteiger partial charge in [-0.2, -0.15) is 0 Å². The molecule has 0 radical (unpaired) electrons. The first-order valence-corrected chi connectivity index (χ1v) is 7.74. The highest BCUT2D eigenvalue weighted by Gasteiger charge is 2.07. The van der Waals surface area contributed by atoms with Gasteiger partial charge in [-0.3, -0.25) is 9.79 Å². The van der Waals surface area contributed by atoms with E-state index in [1.807, 2.05) is 18.2 Å². The molecule has 0 aliphatic rings. The van der Waals surface area contributed by atoms with Crippen LogP contribution >= 0.6 is 39.1 Å². The second-order valence-corrected chi connectivity index (χ2v) is 6.02. The van der Waals surface area contributed by atoms with Gasteiger partial charge >= 0.3 is 0 Å².